The van der Waals surface area contributed by atoms with E-state index < -0.39 is 0 Å². The first-order valence-electron chi connectivity index (χ1n) is 6.52. The molecule has 19 heavy (non-hydrogen) atoms. The number of piperidine rings is 1. The van der Waals surface area contributed by atoms with Gasteiger partial charge >= 0.3 is 0 Å². The Bertz CT molecular complexity index is 532. The zero-order valence-electron chi connectivity index (χ0n) is 10.5. The molecule has 0 unspecified atom stereocenters. The number of amides is 2. The summed E-state index contributed by atoms with van der Waals surface area (Å²) in [6.07, 6.45) is 2.68. The van der Waals surface area contributed by atoms with Gasteiger partial charge in [0.15, 0.2) is 0 Å². The van der Waals surface area contributed by atoms with Gasteiger partial charge in [-0.15, -0.1) is 11.6 Å². The standard InChI is InChI=1S/C14H15ClN2O2/c15-9-13(18)17-11-6-2-1-5-10(11)14(19)16-8-4-3-7-12(16)17/h1-2,5-6,12H,3-4,7-9H2/t12-/m0/s1. The number of halogens is 1. The highest BCUT2D eigenvalue weighted by molar-refractivity contribution is 6.30. The van der Waals surface area contributed by atoms with Crippen LogP contribution in [0.25, 0.3) is 0 Å². The largest absolute Gasteiger partial charge is 0.318 e. The number of fused-ring (bicyclic) bond motifs is 2. The lowest BCUT2D eigenvalue weighted by Gasteiger charge is -2.46. The Morgan fingerprint density at radius 3 is 2.89 bits per heavy atom. The van der Waals surface area contributed by atoms with E-state index in [1.807, 2.05) is 18.2 Å². The van der Waals surface area contributed by atoms with Crippen molar-refractivity contribution in [3.05, 3.63) is 29.8 Å². The average Bonchev–Trinajstić information content (AvgIpc) is 2.47. The van der Waals surface area contributed by atoms with Crippen LogP contribution in [0.1, 0.15) is 29.6 Å². The normalized spacial score (nSPS) is 21.9. The van der Waals surface area contributed by atoms with Crippen molar-refractivity contribution in [2.24, 2.45) is 0 Å². The highest BCUT2D eigenvalue weighted by atomic mass is 35.5. The fourth-order valence-electron chi connectivity index (χ4n) is 2.96. The van der Waals surface area contributed by atoms with Gasteiger partial charge in [-0.3, -0.25) is 14.5 Å². The van der Waals surface area contributed by atoms with Gasteiger partial charge in [0.2, 0.25) is 5.91 Å². The number of hydrogen-bond donors (Lipinski definition) is 0. The maximum atomic E-state index is 12.5. The van der Waals surface area contributed by atoms with E-state index in [2.05, 4.69) is 0 Å². The lowest BCUT2D eigenvalue weighted by Crippen LogP contribution is -2.59. The molecular weight excluding hydrogens is 264 g/mol. The minimum atomic E-state index is -0.164. The number of hydrogen-bond acceptors (Lipinski definition) is 2. The summed E-state index contributed by atoms with van der Waals surface area (Å²) < 4.78 is 0. The van der Waals surface area contributed by atoms with Gasteiger partial charge in [0.25, 0.3) is 5.91 Å². The summed E-state index contributed by atoms with van der Waals surface area (Å²) in [5, 5.41) is 0. The minimum Gasteiger partial charge on any atom is -0.318 e. The molecule has 0 radical (unpaired) electrons. The van der Waals surface area contributed by atoms with Crippen LogP contribution in [0.5, 0.6) is 0 Å². The molecule has 2 aliphatic rings. The molecule has 2 heterocycles. The quantitative estimate of drug-likeness (QED) is 0.739. The van der Waals surface area contributed by atoms with Crippen LogP contribution in [0.3, 0.4) is 0 Å². The second-order valence-corrected chi connectivity index (χ2v) is 5.16. The van der Waals surface area contributed by atoms with Crippen molar-refractivity contribution in [2.75, 3.05) is 17.3 Å². The highest BCUT2D eigenvalue weighted by Crippen LogP contribution is 2.35. The van der Waals surface area contributed by atoms with Crippen molar-refractivity contribution in [1.82, 2.24) is 4.90 Å². The third kappa shape index (κ3) is 1.91. The third-order valence-corrected chi connectivity index (χ3v) is 4.04. The van der Waals surface area contributed by atoms with Crippen LogP contribution in [0.2, 0.25) is 0 Å². The van der Waals surface area contributed by atoms with Crippen molar-refractivity contribution in [1.29, 1.82) is 0 Å². The molecule has 1 fully saturated rings. The van der Waals surface area contributed by atoms with E-state index in [1.54, 1.807) is 15.9 Å². The molecule has 3 rings (SSSR count). The number of benzene rings is 1. The van der Waals surface area contributed by atoms with E-state index in [0.717, 1.165) is 19.3 Å². The van der Waals surface area contributed by atoms with Gasteiger partial charge in [0.1, 0.15) is 12.0 Å². The van der Waals surface area contributed by atoms with Crippen LogP contribution >= 0.6 is 11.6 Å². The molecule has 0 bridgehead atoms. The SMILES string of the molecule is O=C1c2ccccc2N(C(=O)CCl)[C@H]2CCCCN12. The molecule has 5 heteroatoms. The van der Waals surface area contributed by atoms with E-state index >= 15 is 0 Å². The molecular formula is C14H15ClN2O2. The Morgan fingerprint density at radius 2 is 2.11 bits per heavy atom. The summed E-state index contributed by atoms with van der Waals surface area (Å²) >= 11 is 5.72. The van der Waals surface area contributed by atoms with Gasteiger partial charge in [-0.05, 0) is 31.4 Å². The molecule has 1 atom stereocenters. The van der Waals surface area contributed by atoms with Crippen molar-refractivity contribution < 1.29 is 9.59 Å². The van der Waals surface area contributed by atoms with Crippen LogP contribution in [0, 0.1) is 0 Å². The first-order valence-corrected chi connectivity index (χ1v) is 7.05. The Hall–Kier alpha value is -1.55. The monoisotopic (exact) mass is 278 g/mol. The van der Waals surface area contributed by atoms with Crippen LogP contribution < -0.4 is 4.90 Å². The molecule has 0 saturated carbocycles. The summed E-state index contributed by atoms with van der Waals surface area (Å²) in [5.74, 6) is -0.176. The number of rotatable bonds is 1. The summed E-state index contributed by atoms with van der Waals surface area (Å²) in [7, 11) is 0. The maximum Gasteiger partial charge on any atom is 0.257 e. The number of nitrogens with zero attached hydrogens (tertiary/aromatic N) is 2. The van der Waals surface area contributed by atoms with E-state index in [4.69, 9.17) is 11.6 Å². The van der Waals surface area contributed by atoms with Gasteiger partial charge in [-0.25, -0.2) is 0 Å². The topological polar surface area (TPSA) is 40.6 Å². The van der Waals surface area contributed by atoms with Crippen molar-refractivity contribution in [3.8, 4) is 0 Å². The molecule has 1 saturated heterocycles. The van der Waals surface area contributed by atoms with E-state index in [-0.39, 0.29) is 23.9 Å². The lowest BCUT2D eigenvalue weighted by molar-refractivity contribution is -0.117. The predicted molar refractivity (Wildman–Crippen MR) is 73.3 cm³/mol. The van der Waals surface area contributed by atoms with Gasteiger partial charge in [0, 0.05) is 6.54 Å². The fraction of sp³-hybridized carbons (Fsp3) is 0.429. The van der Waals surface area contributed by atoms with Crippen molar-refractivity contribution >= 4 is 29.1 Å². The Labute approximate surface area is 116 Å². The van der Waals surface area contributed by atoms with Crippen molar-refractivity contribution in [2.45, 2.75) is 25.4 Å². The lowest BCUT2D eigenvalue weighted by atomic mass is 9.98. The molecule has 0 spiro atoms. The van der Waals surface area contributed by atoms with Crippen LogP contribution in [-0.2, 0) is 4.79 Å². The highest BCUT2D eigenvalue weighted by Gasteiger charge is 2.40. The van der Waals surface area contributed by atoms with Gasteiger partial charge in [-0.1, -0.05) is 12.1 Å². The smallest absolute Gasteiger partial charge is 0.257 e. The van der Waals surface area contributed by atoms with Crippen LogP contribution in [-0.4, -0.2) is 35.3 Å². The molecule has 100 valence electrons. The first kappa shape index (κ1) is 12.5. The first-order chi connectivity index (χ1) is 9.24. The second-order valence-electron chi connectivity index (χ2n) is 4.89. The van der Waals surface area contributed by atoms with E-state index in [1.165, 1.54) is 0 Å². The Kier molecular flexibility index (Phi) is 3.19. The average molecular weight is 279 g/mol. The number of anilines is 1. The van der Waals surface area contributed by atoms with E-state index in [0.29, 0.717) is 17.8 Å². The third-order valence-electron chi connectivity index (χ3n) is 3.81. The van der Waals surface area contributed by atoms with Crippen molar-refractivity contribution in [3.63, 3.8) is 0 Å². The summed E-state index contributed by atoms with van der Waals surface area (Å²) in [4.78, 5) is 28.1. The van der Waals surface area contributed by atoms with Gasteiger partial charge in [0.05, 0.1) is 11.3 Å². The van der Waals surface area contributed by atoms with Gasteiger partial charge < -0.3 is 4.90 Å². The Balaban J connectivity index is 2.12. The van der Waals surface area contributed by atoms with Crippen LogP contribution in [0.4, 0.5) is 5.69 Å². The predicted octanol–water partition coefficient (Wildman–Crippen LogP) is 2.22. The molecule has 1 aromatic carbocycles. The maximum absolute atomic E-state index is 12.5. The molecule has 1 aromatic rings. The zero-order chi connectivity index (χ0) is 13.4. The number of carbonyl (C=O) groups excluding carboxylic acids is 2. The summed E-state index contributed by atoms with van der Waals surface area (Å²) in [6.45, 7) is 0.712. The number of alkyl halides is 1. The van der Waals surface area contributed by atoms with E-state index in [9.17, 15) is 9.59 Å². The zero-order valence-corrected chi connectivity index (χ0v) is 11.3. The minimum absolute atomic E-state index is 0.0268. The molecule has 0 aromatic heterocycles. The molecule has 0 aliphatic carbocycles. The molecule has 2 aliphatic heterocycles. The summed E-state index contributed by atoms with van der Waals surface area (Å²) in [5.41, 5.74) is 1.29. The van der Waals surface area contributed by atoms with Gasteiger partial charge in [-0.2, -0.15) is 0 Å². The Morgan fingerprint density at radius 1 is 1.32 bits per heavy atom. The summed E-state index contributed by atoms with van der Waals surface area (Å²) in [6, 6.07) is 7.27. The molecule has 0 N–H and O–H groups in total. The second kappa shape index (κ2) is 4.85. The number of para-hydroxylation sites is 1. The molecule has 4 nitrogen and oxygen atoms in total. The van der Waals surface area contributed by atoms with Crippen LogP contribution in [0.15, 0.2) is 24.3 Å². The number of carbonyl (C=O) groups is 2. The molecule has 2 amide bonds. The fourth-order valence-corrected chi connectivity index (χ4v) is 3.09.